The standard InChI is InChI=1S/C11H10Cl2F3N/c12-6-7(13)9(15)11(10(16)8(6)14)17-4-2-1-3-5-17/h1-5H2. The zero-order valence-corrected chi connectivity index (χ0v) is 10.4. The van der Waals surface area contributed by atoms with Crippen LogP contribution in [0.25, 0.3) is 0 Å². The van der Waals surface area contributed by atoms with Gasteiger partial charge in [0.25, 0.3) is 0 Å². The fourth-order valence-electron chi connectivity index (χ4n) is 1.99. The van der Waals surface area contributed by atoms with Crippen molar-refractivity contribution in [2.45, 2.75) is 19.3 Å². The molecule has 1 aliphatic rings. The Morgan fingerprint density at radius 3 is 1.88 bits per heavy atom. The largest absolute Gasteiger partial charge is 0.367 e. The van der Waals surface area contributed by atoms with Gasteiger partial charge in [-0.3, -0.25) is 0 Å². The van der Waals surface area contributed by atoms with Gasteiger partial charge in [0.05, 0.1) is 0 Å². The number of hydrogen-bond acceptors (Lipinski definition) is 1. The third kappa shape index (κ3) is 2.20. The molecule has 0 radical (unpaired) electrons. The van der Waals surface area contributed by atoms with Crippen molar-refractivity contribution < 1.29 is 13.2 Å². The number of piperidine rings is 1. The van der Waals surface area contributed by atoms with E-state index in [4.69, 9.17) is 23.2 Å². The number of benzene rings is 1. The molecule has 0 N–H and O–H groups in total. The molecule has 0 spiro atoms. The number of anilines is 1. The topological polar surface area (TPSA) is 3.24 Å². The van der Waals surface area contributed by atoms with Crippen molar-refractivity contribution >= 4 is 28.9 Å². The molecule has 2 rings (SSSR count). The molecule has 0 unspecified atom stereocenters. The van der Waals surface area contributed by atoms with E-state index in [-0.39, 0.29) is 0 Å². The molecular weight excluding hydrogens is 274 g/mol. The fraction of sp³-hybridized carbons (Fsp3) is 0.455. The Balaban J connectivity index is 2.52. The fourth-order valence-corrected chi connectivity index (χ4v) is 2.33. The molecule has 6 heteroatoms. The summed E-state index contributed by atoms with van der Waals surface area (Å²) in [4.78, 5) is 1.47. The molecule has 0 atom stereocenters. The Kier molecular flexibility index (Phi) is 3.73. The van der Waals surface area contributed by atoms with Crippen LogP contribution < -0.4 is 4.90 Å². The molecule has 0 saturated carbocycles. The van der Waals surface area contributed by atoms with Crippen molar-refractivity contribution in [3.05, 3.63) is 27.5 Å². The first-order chi connectivity index (χ1) is 8.04. The van der Waals surface area contributed by atoms with Crippen molar-refractivity contribution in [2.75, 3.05) is 18.0 Å². The molecule has 1 aliphatic heterocycles. The Labute approximate surface area is 107 Å². The lowest BCUT2D eigenvalue weighted by molar-refractivity contribution is 0.481. The van der Waals surface area contributed by atoms with Gasteiger partial charge in [0.15, 0.2) is 17.5 Å². The van der Waals surface area contributed by atoms with Gasteiger partial charge in [-0.05, 0) is 19.3 Å². The number of hydrogen-bond donors (Lipinski definition) is 0. The number of nitrogens with zero attached hydrogens (tertiary/aromatic N) is 1. The first-order valence-corrected chi connectivity index (χ1v) is 6.06. The van der Waals surface area contributed by atoms with Crippen molar-refractivity contribution in [3.63, 3.8) is 0 Å². The van der Waals surface area contributed by atoms with E-state index in [0.29, 0.717) is 13.1 Å². The van der Waals surface area contributed by atoms with Crippen LogP contribution in [-0.2, 0) is 0 Å². The Bertz CT molecular complexity index is 416. The minimum atomic E-state index is -1.29. The van der Waals surface area contributed by atoms with Crippen LogP contribution in [0.4, 0.5) is 18.9 Å². The SMILES string of the molecule is Fc1c(F)c(N2CCCCC2)c(F)c(Cl)c1Cl. The van der Waals surface area contributed by atoms with E-state index in [1.54, 1.807) is 0 Å². The van der Waals surface area contributed by atoms with Gasteiger partial charge in [-0.15, -0.1) is 0 Å². The second-order valence-corrected chi connectivity index (χ2v) is 4.72. The van der Waals surface area contributed by atoms with E-state index in [9.17, 15) is 13.2 Å². The first kappa shape index (κ1) is 12.8. The summed E-state index contributed by atoms with van der Waals surface area (Å²) >= 11 is 10.9. The quantitative estimate of drug-likeness (QED) is 0.545. The number of rotatable bonds is 1. The normalized spacial score (nSPS) is 16.4. The van der Waals surface area contributed by atoms with E-state index >= 15 is 0 Å². The van der Waals surface area contributed by atoms with E-state index < -0.39 is 33.2 Å². The van der Waals surface area contributed by atoms with Gasteiger partial charge in [0.2, 0.25) is 0 Å². The van der Waals surface area contributed by atoms with Crippen molar-refractivity contribution in [1.29, 1.82) is 0 Å². The smallest absolute Gasteiger partial charge is 0.186 e. The van der Waals surface area contributed by atoms with Crippen molar-refractivity contribution in [1.82, 2.24) is 0 Å². The summed E-state index contributed by atoms with van der Waals surface area (Å²) in [7, 11) is 0. The van der Waals surface area contributed by atoms with E-state index in [0.717, 1.165) is 19.3 Å². The predicted octanol–water partition coefficient (Wildman–Crippen LogP) is 4.40. The van der Waals surface area contributed by atoms with Crippen LogP contribution in [0.15, 0.2) is 0 Å². The molecule has 0 bridgehead atoms. The summed E-state index contributed by atoms with van der Waals surface area (Å²) in [6.45, 7) is 0.983. The maximum Gasteiger partial charge on any atom is 0.186 e. The van der Waals surface area contributed by atoms with Gasteiger partial charge in [0, 0.05) is 13.1 Å². The monoisotopic (exact) mass is 283 g/mol. The lowest BCUT2D eigenvalue weighted by Gasteiger charge is -2.29. The lowest BCUT2D eigenvalue weighted by Crippen LogP contribution is -2.31. The predicted molar refractivity (Wildman–Crippen MR) is 62.4 cm³/mol. The maximum atomic E-state index is 13.8. The van der Waals surface area contributed by atoms with Crippen LogP contribution in [-0.4, -0.2) is 13.1 Å². The highest BCUT2D eigenvalue weighted by molar-refractivity contribution is 6.42. The summed E-state index contributed by atoms with van der Waals surface area (Å²) in [6, 6.07) is 0. The molecule has 94 valence electrons. The first-order valence-electron chi connectivity index (χ1n) is 5.30. The van der Waals surface area contributed by atoms with Gasteiger partial charge in [-0.25, -0.2) is 13.2 Å². The second kappa shape index (κ2) is 4.94. The Morgan fingerprint density at radius 1 is 0.765 bits per heavy atom. The van der Waals surface area contributed by atoms with E-state index in [1.165, 1.54) is 4.90 Å². The van der Waals surface area contributed by atoms with Crippen LogP contribution in [0.3, 0.4) is 0 Å². The highest BCUT2D eigenvalue weighted by atomic mass is 35.5. The van der Waals surface area contributed by atoms with Crippen LogP contribution in [0.5, 0.6) is 0 Å². The zero-order valence-electron chi connectivity index (χ0n) is 8.87. The second-order valence-electron chi connectivity index (χ2n) is 3.97. The molecule has 1 nitrogen and oxygen atoms in total. The molecule has 1 heterocycles. The van der Waals surface area contributed by atoms with Gasteiger partial charge >= 0.3 is 0 Å². The molecule has 1 fully saturated rings. The van der Waals surface area contributed by atoms with E-state index in [2.05, 4.69) is 0 Å². The average Bonchev–Trinajstić information content (AvgIpc) is 2.36. The van der Waals surface area contributed by atoms with Crippen LogP contribution in [0.1, 0.15) is 19.3 Å². The van der Waals surface area contributed by atoms with Crippen LogP contribution >= 0.6 is 23.2 Å². The third-order valence-corrected chi connectivity index (χ3v) is 3.67. The van der Waals surface area contributed by atoms with Crippen molar-refractivity contribution in [3.8, 4) is 0 Å². The molecule has 0 aliphatic carbocycles. The maximum absolute atomic E-state index is 13.8. The zero-order chi connectivity index (χ0) is 12.6. The molecule has 1 aromatic carbocycles. The molecule has 0 aromatic heterocycles. The summed E-state index contributed by atoms with van der Waals surface area (Å²) in [6.07, 6.45) is 2.64. The summed E-state index contributed by atoms with van der Waals surface area (Å²) in [5, 5.41) is -1.27. The van der Waals surface area contributed by atoms with Crippen molar-refractivity contribution in [2.24, 2.45) is 0 Å². The Hall–Kier alpha value is -0.610. The minimum absolute atomic E-state index is 0.406. The summed E-state index contributed by atoms with van der Waals surface area (Å²) in [5.41, 5.74) is -0.406. The van der Waals surface area contributed by atoms with E-state index in [1.807, 2.05) is 0 Å². The average molecular weight is 284 g/mol. The highest BCUT2D eigenvalue weighted by Crippen LogP contribution is 2.38. The van der Waals surface area contributed by atoms with Crippen LogP contribution in [0, 0.1) is 17.5 Å². The minimum Gasteiger partial charge on any atom is -0.367 e. The Morgan fingerprint density at radius 2 is 1.29 bits per heavy atom. The number of halogens is 5. The molecule has 17 heavy (non-hydrogen) atoms. The van der Waals surface area contributed by atoms with Gasteiger partial charge in [-0.1, -0.05) is 23.2 Å². The molecule has 0 amide bonds. The van der Waals surface area contributed by atoms with Gasteiger partial charge in [-0.2, -0.15) is 0 Å². The summed E-state index contributed by atoms with van der Waals surface area (Å²) < 4.78 is 40.9. The van der Waals surface area contributed by atoms with Gasteiger partial charge < -0.3 is 4.90 Å². The van der Waals surface area contributed by atoms with Gasteiger partial charge in [0.1, 0.15) is 15.7 Å². The molecule has 1 aromatic rings. The molecular formula is C11H10Cl2F3N. The van der Waals surface area contributed by atoms with Crippen LogP contribution in [0.2, 0.25) is 10.0 Å². The highest BCUT2D eigenvalue weighted by Gasteiger charge is 2.27. The summed E-state index contributed by atoms with van der Waals surface area (Å²) in [5.74, 6) is -3.55. The lowest BCUT2D eigenvalue weighted by atomic mass is 10.1. The molecule has 1 saturated heterocycles. The third-order valence-electron chi connectivity index (χ3n) is 2.86.